The quantitative estimate of drug-likeness (QED) is 0.834. The van der Waals surface area contributed by atoms with E-state index in [-0.39, 0.29) is 18.7 Å². The molecule has 0 saturated carbocycles. The molecule has 0 heterocycles. The van der Waals surface area contributed by atoms with E-state index in [1.54, 1.807) is 55.6 Å². The summed E-state index contributed by atoms with van der Waals surface area (Å²) in [5.74, 6) is -1.68. The predicted molar refractivity (Wildman–Crippen MR) is 89.9 cm³/mol. The fraction of sp³-hybridized carbons (Fsp3) is 0.222. The Balaban J connectivity index is 2.09. The van der Waals surface area contributed by atoms with E-state index in [4.69, 9.17) is 16.3 Å². The Bertz CT molecular complexity index is 698. The molecule has 0 aliphatic heterocycles. The van der Waals surface area contributed by atoms with Crippen molar-refractivity contribution >= 4 is 29.2 Å². The Kier molecular flexibility index (Phi) is 6.21. The maximum absolute atomic E-state index is 12.4. The van der Waals surface area contributed by atoms with E-state index in [0.717, 1.165) is 5.56 Å². The second-order valence-electron chi connectivity index (χ2n) is 5.32. The summed E-state index contributed by atoms with van der Waals surface area (Å²) in [4.78, 5) is 23.4. The van der Waals surface area contributed by atoms with Crippen LogP contribution >= 0.6 is 11.6 Å². The zero-order valence-corrected chi connectivity index (χ0v) is 13.9. The summed E-state index contributed by atoms with van der Waals surface area (Å²) in [5.41, 5.74) is 1.40. The lowest BCUT2D eigenvalue weighted by Crippen LogP contribution is -2.32. The van der Waals surface area contributed by atoms with Gasteiger partial charge in [-0.05, 0) is 54.8 Å². The molecule has 2 aromatic rings. The lowest BCUT2D eigenvalue weighted by atomic mass is 9.95. The number of anilines is 1. The van der Waals surface area contributed by atoms with Crippen molar-refractivity contribution in [3.05, 3.63) is 59.1 Å². The Hall–Kier alpha value is -2.53. The van der Waals surface area contributed by atoms with E-state index in [1.807, 2.05) is 0 Å². The van der Waals surface area contributed by atoms with Gasteiger partial charge >= 0.3 is 0 Å². The number of aliphatic carboxylic acids is 1. The highest BCUT2D eigenvalue weighted by Crippen LogP contribution is 2.19. The average Bonchev–Trinajstić information content (AvgIpc) is 2.56. The standard InChI is InChI=1S/C18H18ClNO4/c1-24-16-8-2-12(3-9-16)10-13(11-17(21)22)18(23)20-15-6-4-14(19)5-7-15/h2-9,13H,10-11H2,1H3,(H,20,23)(H,21,22)/p-1. The fourth-order valence-corrected chi connectivity index (χ4v) is 2.41. The van der Waals surface area contributed by atoms with Crippen LogP contribution < -0.4 is 15.2 Å². The van der Waals surface area contributed by atoms with E-state index < -0.39 is 11.9 Å². The zero-order valence-electron chi connectivity index (χ0n) is 13.1. The van der Waals surface area contributed by atoms with Crippen LogP contribution in [0.2, 0.25) is 5.02 Å². The number of benzene rings is 2. The zero-order chi connectivity index (χ0) is 17.5. The van der Waals surface area contributed by atoms with Gasteiger partial charge in [0.2, 0.25) is 5.91 Å². The number of carbonyl (C=O) groups is 2. The van der Waals surface area contributed by atoms with Crippen LogP contribution in [0.4, 0.5) is 5.69 Å². The normalized spacial score (nSPS) is 11.6. The third-order valence-electron chi connectivity index (χ3n) is 3.54. The SMILES string of the molecule is COc1ccc(CC(CC(=O)[O-])C(=O)Nc2ccc(Cl)cc2)cc1. The number of hydrogen-bond donors (Lipinski definition) is 1. The highest BCUT2D eigenvalue weighted by atomic mass is 35.5. The van der Waals surface area contributed by atoms with Crippen molar-refractivity contribution < 1.29 is 19.4 Å². The molecule has 1 amide bonds. The minimum atomic E-state index is -1.26. The van der Waals surface area contributed by atoms with Crippen molar-refractivity contribution in [1.29, 1.82) is 0 Å². The number of methoxy groups -OCH3 is 1. The second kappa shape index (κ2) is 8.36. The van der Waals surface area contributed by atoms with Crippen molar-refractivity contribution in [2.75, 3.05) is 12.4 Å². The molecule has 0 aliphatic rings. The van der Waals surface area contributed by atoms with Crippen LogP contribution in [0.3, 0.4) is 0 Å². The highest BCUT2D eigenvalue weighted by Gasteiger charge is 2.19. The van der Waals surface area contributed by atoms with Gasteiger partial charge in [0.25, 0.3) is 0 Å². The monoisotopic (exact) mass is 346 g/mol. The average molecular weight is 347 g/mol. The maximum atomic E-state index is 12.4. The molecule has 0 aliphatic carbocycles. The molecule has 2 rings (SSSR count). The van der Waals surface area contributed by atoms with Crippen LogP contribution in [0.25, 0.3) is 0 Å². The molecule has 0 bridgehead atoms. The van der Waals surface area contributed by atoms with Crippen molar-refractivity contribution in [3.63, 3.8) is 0 Å². The Labute approximate surface area is 145 Å². The van der Waals surface area contributed by atoms with Crippen molar-refractivity contribution in [1.82, 2.24) is 0 Å². The molecule has 6 heteroatoms. The number of amides is 1. The first-order chi connectivity index (χ1) is 11.5. The summed E-state index contributed by atoms with van der Waals surface area (Å²) in [6.07, 6.45) is -0.0666. The Morgan fingerprint density at radius 3 is 2.29 bits per heavy atom. The van der Waals surface area contributed by atoms with Gasteiger partial charge in [0.15, 0.2) is 0 Å². The lowest BCUT2D eigenvalue weighted by molar-refractivity contribution is -0.306. The fourth-order valence-electron chi connectivity index (χ4n) is 2.28. The Morgan fingerprint density at radius 2 is 1.75 bits per heavy atom. The van der Waals surface area contributed by atoms with Crippen molar-refractivity contribution in [3.8, 4) is 5.75 Å². The van der Waals surface area contributed by atoms with Gasteiger partial charge < -0.3 is 20.0 Å². The maximum Gasteiger partial charge on any atom is 0.228 e. The van der Waals surface area contributed by atoms with Crippen LogP contribution in [0, 0.1) is 5.92 Å². The number of carboxylic acid groups (broad SMARTS) is 1. The molecule has 24 heavy (non-hydrogen) atoms. The summed E-state index contributed by atoms with van der Waals surface area (Å²) >= 11 is 5.80. The van der Waals surface area contributed by atoms with E-state index in [0.29, 0.717) is 16.5 Å². The van der Waals surface area contributed by atoms with Crippen LogP contribution in [0.5, 0.6) is 5.75 Å². The number of nitrogens with one attached hydrogen (secondary N) is 1. The van der Waals surface area contributed by atoms with Crippen LogP contribution in [-0.4, -0.2) is 19.0 Å². The first kappa shape index (κ1) is 17.8. The molecule has 126 valence electrons. The molecular formula is C18H17ClNO4-. The molecule has 1 atom stereocenters. The van der Waals surface area contributed by atoms with Gasteiger partial charge in [0, 0.05) is 22.6 Å². The first-order valence-electron chi connectivity index (χ1n) is 7.37. The molecule has 2 aromatic carbocycles. The van der Waals surface area contributed by atoms with Crippen LogP contribution in [0.1, 0.15) is 12.0 Å². The smallest absolute Gasteiger partial charge is 0.228 e. The number of ether oxygens (including phenoxy) is 1. The van der Waals surface area contributed by atoms with Crippen molar-refractivity contribution in [2.24, 2.45) is 5.92 Å². The molecule has 1 unspecified atom stereocenters. The number of halogens is 1. The number of hydrogen-bond acceptors (Lipinski definition) is 4. The number of carbonyl (C=O) groups excluding carboxylic acids is 2. The highest BCUT2D eigenvalue weighted by molar-refractivity contribution is 6.30. The number of rotatable bonds is 7. The van der Waals surface area contributed by atoms with Crippen molar-refractivity contribution in [2.45, 2.75) is 12.8 Å². The van der Waals surface area contributed by atoms with E-state index in [9.17, 15) is 14.7 Å². The lowest BCUT2D eigenvalue weighted by Gasteiger charge is -2.18. The molecule has 1 N–H and O–H groups in total. The summed E-state index contributed by atoms with van der Waals surface area (Å²) in [5, 5.41) is 14.2. The minimum Gasteiger partial charge on any atom is -0.550 e. The second-order valence-corrected chi connectivity index (χ2v) is 5.76. The van der Waals surface area contributed by atoms with Crippen LogP contribution in [-0.2, 0) is 16.0 Å². The summed E-state index contributed by atoms with van der Waals surface area (Å²) in [6.45, 7) is 0. The molecule has 0 spiro atoms. The molecule has 0 radical (unpaired) electrons. The molecular weight excluding hydrogens is 330 g/mol. The third-order valence-corrected chi connectivity index (χ3v) is 3.79. The van der Waals surface area contributed by atoms with Gasteiger partial charge in [-0.1, -0.05) is 23.7 Å². The topological polar surface area (TPSA) is 78.5 Å². The minimum absolute atomic E-state index is 0.289. The van der Waals surface area contributed by atoms with Gasteiger partial charge in [-0.2, -0.15) is 0 Å². The predicted octanol–water partition coefficient (Wildman–Crippen LogP) is 2.29. The largest absolute Gasteiger partial charge is 0.550 e. The number of carboxylic acids is 1. The first-order valence-corrected chi connectivity index (χ1v) is 7.75. The van der Waals surface area contributed by atoms with Gasteiger partial charge in [0.05, 0.1) is 7.11 Å². The van der Waals surface area contributed by atoms with E-state index in [1.165, 1.54) is 0 Å². The summed E-state index contributed by atoms with van der Waals surface area (Å²) < 4.78 is 5.08. The molecule has 0 saturated heterocycles. The molecule has 0 aromatic heterocycles. The summed E-state index contributed by atoms with van der Waals surface area (Å²) in [7, 11) is 1.56. The van der Waals surface area contributed by atoms with E-state index >= 15 is 0 Å². The van der Waals surface area contributed by atoms with Crippen LogP contribution in [0.15, 0.2) is 48.5 Å². The van der Waals surface area contributed by atoms with Gasteiger partial charge in [-0.3, -0.25) is 4.79 Å². The molecule has 0 fully saturated rings. The van der Waals surface area contributed by atoms with Gasteiger partial charge in [-0.15, -0.1) is 0 Å². The molecule has 5 nitrogen and oxygen atoms in total. The van der Waals surface area contributed by atoms with E-state index in [2.05, 4.69) is 5.32 Å². The summed E-state index contributed by atoms with van der Waals surface area (Å²) in [6, 6.07) is 13.7. The third kappa shape index (κ3) is 5.28. The Morgan fingerprint density at radius 1 is 1.12 bits per heavy atom. The van der Waals surface area contributed by atoms with Gasteiger partial charge in [0.1, 0.15) is 5.75 Å². The van der Waals surface area contributed by atoms with Gasteiger partial charge in [-0.25, -0.2) is 0 Å².